The van der Waals surface area contributed by atoms with Gasteiger partial charge in [-0.05, 0) is 54.1 Å². The lowest BCUT2D eigenvalue weighted by molar-refractivity contribution is -0.134. The van der Waals surface area contributed by atoms with Crippen molar-refractivity contribution in [2.45, 2.75) is 32.7 Å². The maximum Gasteiger partial charge on any atom is 0.222 e. The third-order valence-corrected chi connectivity index (χ3v) is 6.64. The fourth-order valence-corrected chi connectivity index (χ4v) is 4.76. The Bertz CT molecular complexity index is 797. The number of carbonyl (C=O) groups excluding carboxylic acids is 1. The third kappa shape index (κ3) is 6.10. The van der Waals surface area contributed by atoms with Crippen LogP contribution in [0.1, 0.15) is 31.7 Å². The molecule has 0 bridgehead atoms. The first-order chi connectivity index (χ1) is 13.7. The van der Waals surface area contributed by atoms with Crippen molar-refractivity contribution in [2.24, 2.45) is 11.8 Å². The second-order valence-electron chi connectivity index (χ2n) is 8.58. The van der Waals surface area contributed by atoms with E-state index in [0.717, 1.165) is 45.8 Å². The summed E-state index contributed by atoms with van der Waals surface area (Å²) in [6.45, 7) is 9.09. The van der Waals surface area contributed by atoms with Crippen molar-refractivity contribution in [3.63, 3.8) is 0 Å². The summed E-state index contributed by atoms with van der Waals surface area (Å²) in [4.78, 5) is 17.4. The second-order valence-corrected chi connectivity index (χ2v) is 8.58. The van der Waals surface area contributed by atoms with Gasteiger partial charge in [0.05, 0.1) is 0 Å². The molecule has 4 nitrogen and oxygen atoms in total. The lowest BCUT2D eigenvalue weighted by Crippen LogP contribution is -2.49. The largest absolute Gasteiger partial charge is 0.340 e. The van der Waals surface area contributed by atoms with E-state index in [1.54, 1.807) is 0 Å². The lowest BCUT2D eigenvalue weighted by Gasteiger charge is -2.36. The number of carbonyl (C=O) groups is 1. The summed E-state index contributed by atoms with van der Waals surface area (Å²) in [5, 5.41) is 6.13. The molecule has 1 N–H and O–H groups in total. The molecule has 0 aromatic heterocycles. The van der Waals surface area contributed by atoms with E-state index in [2.05, 4.69) is 64.5 Å². The van der Waals surface area contributed by atoms with Crippen molar-refractivity contribution in [2.75, 3.05) is 39.3 Å². The van der Waals surface area contributed by atoms with E-state index < -0.39 is 0 Å². The van der Waals surface area contributed by atoms with Crippen LogP contribution in [0.2, 0.25) is 0 Å². The zero-order valence-corrected chi connectivity index (χ0v) is 19.5. The van der Waals surface area contributed by atoms with Gasteiger partial charge < -0.3 is 10.2 Å². The molecule has 2 aliphatic heterocycles. The number of benzene rings is 2. The molecular formula is C24H35Cl2N3O. The molecule has 2 saturated heterocycles. The van der Waals surface area contributed by atoms with Gasteiger partial charge in [0.15, 0.2) is 0 Å². The highest BCUT2D eigenvalue weighted by atomic mass is 35.5. The quantitative estimate of drug-likeness (QED) is 0.733. The number of hydrogen-bond acceptors (Lipinski definition) is 3. The van der Waals surface area contributed by atoms with Crippen LogP contribution in [0, 0.1) is 11.8 Å². The number of nitrogens with one attached hydrogen (secondary N) is 1. The summed E-state index contributed by atoms with van der Waals surface area (Å²) in [6, 6.07) is 15.2. The molecule has 0 saturated carbocycles. The molecular weight excluding hydrogens is 417 g/mol. The van der Waals surface area contributed by atoms with Crippen LogP contribution < -0.4 is 5.32 Å². The van der Waals surface area contributed by atoms with Gasteiger partial charge in [0.25, 0.3) is 0 Å². The average Bonchev–Trinajstić information content (AvgIpc) is 2.75. The number of rotatable bonds is 5. The molecule has 2 heterocycles. The van der Waals surface area contributed by atoms with Crippen LogP contribution in [0.3, 0.4) is 0 Å². The van der Waals surface area contributed by atoms with Crippen molar-refractivity contribution in [3.8, 4) is 0 Å². The van der Waals surface area contributed by atoms with E-state index in [1.165, 1.54) is 29.2 Å². The summed E-state index contributed by atoms with van der Waals surface area (Å²) in [6.07, 6.45) is 3.21. The van der Waals surface area contributed by atoms with Crippen molar-refractivity contribution >= 4 is 41.5 Å². The number of piperazine rings is 1. The Hall–Kier alpha value is -1.33. The standard InChI is InChI=1S/C24H33N3O.2ClH/c1-19(21-9-5-11-25-17-21)16-24(28)27-14-12-26(13-15-27)18-22-8-4-7-20-6-2-3-10-23(20)22;;/h2-4,6-8,10,19,21,25H,5,9,11-18H2,1H3;2*1H. The van der Waals surface area contributed by atoms with Crippen LogP contribution in [0.5, 0.6) is 0 Å². The number of piperidine rings is 1. The van der Waals surface area contributed by atoms with Gasteiger partial charge in [0, 0.05) is 39.1 Å². The normalized spacial score (nSPS) is 20.8. The molecule has 2 unspecified atom stereocenters. The Labute approximate surface area is 193 Å². The Morgan fingerprint density at radius 1 is 1.07 bits per heavy atom. The number of fused-ring (bicyclic) bond motifs is 1. The molecule has 2 fully saturated rings. The molecule has 2 aliphatic rings. The summed E-state index contributed by atoms with van der Waals surface area (Å²) in [5.41, 5.74) is 1.39. The van der Waals surface area contributed by atoms with Crippen LogP contribution in [-0.2, 0) is 11.3 Å². The Morgan fingerprint density at radius 3 is 2.53 bits per heavy atom. The van der Waals surface area contributed by atoms with Gasteiger partial charge in [-0.1, -0.05) is 49.4 Å². The molecule has 0 spiro atoms. The van der Waals surface area contributed by atoms with E-state index >= 15 is 0 Å². The third-order valence-electron chi connectivity index (χ3n) is 6.64. The maximum absolute atomic E-state index is 12.8. The Morgan fingerprint density at radius 2 is 1.80 bits per heavy atom. The average molecular weight is 452 g/mol. The van der Waals surface area contributed by atoms with E-state index in [0.29, 0.717) is 24.2 Å². The fraction of sp³-hybridized carbons (Fsp3) is 0.542. The lowest BCUT2D eigenvalue weighted by atomic mass is 9.85. The zero-order chi connectivity index (χ0) is 19.3. The van der Waals surface area contributed by atoms with Crippen LogP contribution >= 0.6 is 24.8 Å². The summed E-state index contributed by atoms with van der Waals surface area (Å²) >= 11 is 0. The molecule has 2 aromatic carbocycles. The summed E-state index contributed by atoms with van der Waals surface area (Å²) in [5.74, 6) is 1.49. The van der Waals surface area contributed by atoms with E-state index in [1.807, 2.05) is 0 Å². The molecule has 2 atom stereocenters. The van der Waals surface area contributed by atoms with Gasteiger partial charge in [-0.2, -0.15) is 0 Å². The number of amides is 1. The molecule has 0 aliphatic carbocycles. The van der Waals surface area contributed by atoms with Gasteiger partial charge in [-0.15, -0.1) is 24.8 Å². The number of halogens is 2. The monoisotopic (exact) mass is 451 g/mol. The molecule has 30 heavy (non-hydrogen) atoms. The number of hydrogen-bond donors (Lipinski definition) is 1. The smallest absolute Gasteiger partial charge is 0.222 e. The van der Waals surface area contributed by atoms with Crippen LogP contribution in [-0.4, -0.2) is 55.0 Å². The van der Waals surface area contributed by atoms with Crippen molar-refractivity contribution in [1.82, 2.24) is 15.1 Å². The second kappa shape index (κ2) is 11.9. The molecule has 0 radical (unpaired) electrons. The van der Waals surface area contributed by atoms with Gasteiger partial charge in [-0.3, -0.25) is 9.69 Å². The molecule has 1 amide bonds. The SMILES string of the molecule is CC(CC(=O)N1CCN(Cc2cccc3ccccc23)CC1)C1CCCNC1.Cl.Cl. The minimum Gasteiger partial charge on any atom is -0.340 e. The first-order valence-corrected chi connectivity index (χ1v) is 10.9. The maximum atomic E-state index is 12.8. The molecule has 2 aromatic rings. The van der Waals surface area contributed by atoms with E-state index in [4.69, 9.17) is 0 Å². The Kier molecular flexibility index (Phi) is 9.89. The van der Waals surface area contributed by atoms with Crippen molar-refractivity contribution in [1.29, 1.82) is 0 Å². The van der Waals surface area contributed by atoms with Crippen molar-refractivity contribution in [3.05, 3.63) is 48.0 Å². The predicted molar refractivity (Wildman–Crippen MR) is 130 cm³/mol. The van der Waals surface area contributed by atoms with Gasteiger partial charge >= 0.3 is 0 Å². The first kappa shape index (κ1) is 24.9. The first-order valence-electron chi connectivity index (χ1n) is 10.9. The zero-order valence-electron chi connectivity index (χ0n) is 17.9. The highest BCUT2D eigenvalue weighted by Crippen LogP contribution is 2.24. The number of nitrogens with zero attached hydrogens (tertiary/aromatic N) is 2. The minimum absolute atomic E-state index is 0. The van der Waals surface area contributed by atoms with E-state index in [-0.39, 0.29) is 24.8 Å². The van der Waals surface area contributed by atoms with E-state index in [9.17, 15) is 4.79 Å². The van der Waals surface area contributed by atoms with Crippen LogP contribution in [0.15, 0.2) is 42.5 Å². The van der Waals surface area contributed by atoms with Gasteiger partial charge in [0.2, 0.25) is 5.91 Å². The highest BCUT2D eigenvalue weighted by molar-refractivity contribution is 5.86. The topological polar surface area (TPSA) is 35.6 Å². The summed E-state index contributed by atoms with van der Waals surface area (Å²) in [7, 11) is 0. The predicted octanol–water partition coefficient (Wildman–Crippen LogP) is 4.35. The van der Waals surface area contributed by atoms with Crippen LogP contribution in [0.4, 0.5) is 0 Å². The molecule has 4 rings (SSSR count). The Balaban J connectivity index is 0.00000160. The van der Waals surface area contributed by atoms with Gasteiger partial charge in [0.1, 0.15) is 0 Å². The summed E-state index contributed by atoms with van der Waals surface area (Å²) < 4.78 is 0. The highest BCUT2D eigenvalue weighted by Gasteiger charge is 2.26. The molecule has 6 heteroatoms. The fourth-order valence-electron chi connectivity index (χ4n) is 4.76. The van der Waals surface area contributed by atoms with Gasteiger partial charge in [-0.25, -0.2) is 0 Å². The minimum atomic E-state index is 0. The van der Waals surface area contributed by atoms with Crippen molar-refractivity contribution < 1.29 is 4.79 Å². The van der Waals surface area contributed by atoms with Crippen LogP contribution in [0.25, 0.3) is 10.8 Å². The molecule has 166 valence electrons.